The van der Waals surface area contributed by atoms with E-state index < -0.39 is 0 Å². The van der Waals surface area contributed by atoms with Crippen LogP contribution in [-0.2, 0) is 4.74 Å². The lowest BCUT2D eigenvalue weighted by Crippen LogP contribution is -2.39. The Labute approximate surface area is 211 Å². The molecule has 0 spiro atoms. The van der Waals surface area contributed by atoms with Crippen LogP contribution >= 0.6 is 0 Å². The molecule has 1 saturated heterocycles. The van der Waals surface area contributed by atoms with E-state index in [1.807, 2.05) is 25.4 Å². The number of nitrogens with one attached hydrogen (secondary N) is 1. The van der Waals surface area contributed by atoms with Gasteiger partial charge in [-0.05, 0) is 44.6 Å². The Morgan fingerprint density at radius 2 is 1.78 bits per heavy atom. The van der Waals surface area contributed by atoms with Gasteiger partial charge in [-0.3, -0.25) is 0 Å². The average molecular weight is 494 g/mol. The second kappa shape index (κ2) is 11.3. The molecule has 0 aromatic carbocycles. The van der Waals surface area contributed by atoms with Gasteiger partial charge in [0.05, 0.1) is 23.6 Å². The van der Waals surface area contributed by atoms with Gasteiger partial charge in [0.2, 0.25) is 17.8 Å². The van der Waals surface area contributed by atoms with E-state index in [2.05, 4.69) is 25.2 Å². The standard InChI is InChI=1S/C26H35N7O3/c1-17(16-35-2)31-25-30-15-22-23(32-25)21(18-4-6-19(34)7-5-18)14-29-24(22)36-20-8-12-33(13-9-20)26-27-10-3-11-28-26/h3,10-11,14-15,17-20,34H,4-9,12-13,16H2,1-2H3,(H,30,31,32)/t17-,18-,19-/m0/s1. The highest BCUT2D eigenvalue weighted by Crippen LogP contribution is 2.38. The summed E-state index contributed by atoms with van der Waals surface area (Å²) in [6.07, 6.45) is 12.3. The minimum Gasteiger partial charge on any atom is -0.474 e. The van der Waals surface area contributed by atoms with E-state index in [1.165, 1.54) is 0 Å². The number of pyridine rings is 1. The van der Waals surface area contributed by atoms with E-state index in [-0.39, 0.29) is 18.2 Å². The molecule has 5 rings (SSSR count). The zero-order valence-electron chi connectivity index (χ0n) is 21.0. The van der Waals surface area contributed by atoms with Crippen LogP contribution in [0.3, 0.4) is 0 Å². The maximum Gasteiger partial charge on any atom is 0.225 e. The molecule has 1 aliphatic heterocycles. The van der Waals surface area contributed by atoms with Crippen LogP contribution in [0.1, 0.15) is 56.9 Å². The van der Waals surface area contributed by atoms with Crippen molar-refractivity contribution in [3.8, 4) is 5.88 Å². The van der Waals surface area contributed by atoms with Crippen LogP contribution in [0.15, 0.2) is 30.9 Å². The van der Waals surface area contributed by atoms with Gasteiger partial charge in [0.1, 0.15) is 6.10 Å². The number of hydrogen-bond donors (Lipinski definition) is 2. The van der Waals surface area contributed by atoms with Gasteiger partial charge in [-0.15, -0.1) is 0 Å². The number of piperidine rings is 1. The summed E-state index contributed by atoms with van der Waals surface area (Å²) in [6.45, 7) is 4.26. The smallest absolute Gasteiger partial charge is 0.225 e. The van der Waals surface area contributed by atoms with E-state index >= 15 is 0 Å². The van der Waals surface area contributed by atoms with Crippen molar-refractivity contribution in [3.63, 3.8) is 0 Å². The first kappa shape index (κ1) is 24.6. The third-order valence-corrected chi connectivity index (χ3v) is 7.10. The topological polar surface area (TPSA) is 118 Å². The fourth-order valence-electron chi connectivity index (χ4n) is 5.16. The number of anilines is 2. The summed E-state index contributed by atoms with van der Waals surface area (Å²) in [5.41, 5.74) is 1.98. The Balaban J connectivity index is 1.37. The monoisotopic (exact) mass is 493 g/mol. The second-order valence-electron chi connectivity index (χ2n) is 9.83. The van der Waals surface area contributed by atoms with Gasteiger partial charge in [-0.1, -0.05) is 0 Å². The molecule has 10 heteroatoms. The summed E-state index contributed by atoms with van der Waals surface area (Å²) in [5, 5.41) is 14.2. The van der Waals surface area contributed by atoms with Crippen LogP contribution in [0, 0.1) is 0 Å². The molecule has 2 fully saturated rings. The molecular formula is C26H35N7O3. The molecule has 0 amide bonds. The van der Waals surface area contributed by atoms with Gasteiger partial charge >= 0.3 is 0 Å². The Morgan fingerprint density at radius 3 is 2.50 bits per heavy atom. The van der Waals surface area contributed by atoms with Gasteiger partial charge in [0, 0.05) is 69.4 Å². The normalized spacial score (nSPS) is 21.9. The first-order chi connectivity index (χ1) is 17.6. The molecule has 1 atom stereocenters. The Bertz CT molecular complexity index is 1130. The maximum absolute atomic E-state index is 10.0. The van der Waals surface area contributed by atoms with Crippen LogP contribution < -0.4 is 15.0 Å². The van der Waals surface area contributed by atoms with E-state index in [0.717, 1.165) is 74.0 Å². The SMILES string of the molecule is COC[C@H](C)Nc1ncc2c(OC3CCN(c4ncccn4)CC3)ncc([C@H]3CC[C@H](O)CC3)c2n1. The zero-order chi connectivity index (χ0) is 24.9. The van der Waals surface area contributed by atoms with Crippen molar-refractivity contribution in [2.45, 2.75) is 69.6 Å². The molecule has 2 aliphatic rings. The molecule has 36 heavy (non-hydrogen) atoms. The lowest BCUT2D eigenvalue weighted by molar-refractivity contribution is 0.122. The summed E-state index contributed by atoms with van der Waals surface area (Å²) in [5.74, 6) is 2.22. The Morgan fingerprint density at radius 1 is 1.03 bits per heavy atom. The molecule has 1 saturated carbocycles. The molecule has 2 N–H and O–H groups in total. The highest BCUT2D eigenvalue weighted by Gasteiger charge is 2.27. The van der Waals surface area contributed by atoms with Crippen LogP contribution in [0.2, 0.25) is 0 Å². The zero-order valence-corrected chi connectivity index (χ0v) is 21.0. The fourth-order valence-corrected chi connectivity index (χ4v) is 5.16. The molecule has 10 nitrogen and oxygen atoms in total. The van der Waals surface area contributed by atoms with Crippen molar-refractivity contribution in [2.24, 2.45) is 0 Å². The van der Waals surface area contributed by atoms with Gasteiger partial charge in [0.25, 0.3) is 0 Å². The first-order valence-corrected chi connectivity index (χ1v) is 12.9. The van der Waals surface area contributed by atoms with Gasteiger partial charge < -0.3 is 24.8 Å². The van der Waals surface area contributed by atoms with Crippen molar-refractivity contribution >= 4 is 22.8 Å². The summed E-state index contributed by atoms with van der Waals surface area (Å²) >= 11 is 0. The van der Waals surface area contributed by atoms with E-state index in [9.17, 15) is 5.11 Å². The Hall–Kier alpha value is -3.11. The van der Waals surface area contributed by atoms with E-state index in [1.54, 1.807) is 19.5 Å². The van der Waals surface area contributed by atoms with Crippen molar-refractivity contribution in [1.29, 1.82) is 0 Å². The average Bonchev–Trinajstić information content (AvgIpc) is 2.90. The molecule has 1 aliphatic carbocycles. The molecule has 0 unspecified atom stereocenters. The number of aliphatic hydroxyl groups is 1. The molecule has 3 aromatic heterocycles. The minimum absolute atomic E-state index is 0.0517. The predicted octanol–water partition coefficient (Wildman–Crippen LogP) is 3.33. The van der Waals surface area contributed by atoms with Gasteiger partial charge in [0.15, 0.2) is 0 Å². The van der Waals surface area contributed by atoms with E-state index in [4.69, 9.17) is 19.4 Å². The number of methoxy groups -OCH3 is 1. The molecule has 192 valence electrons. The molecule has 4 heterocycles. The molecule has 0 radical (unpaired) electrons. The third-order valence-electron chi connectivity index (χ3n) is 7.10. The third kappa shape index (κ3) is 5.65. The number of nitrogens with zero attached hydrogens (tertiary/aromatic N) is 6. The first-order valence-electron chi connectivity index (χ1n) is 12.9. The quantitative estimate of drug-likeness (QED) is 0.484. The highest BCUT2D eigenvalue weighted by atomic mass is 16.5. The minimum atomic E-state index is -0.211. The van der Waals surface area contributed by atoms with Gasteiger partial charge in [-0.2, -0.15) is 0 Å². The largest absolute Gasteiger partial charge is 0.474 e. The maximum atomic E-state index is 10.0. The molecular weight excluding hydrogens is 458 g/mol. The van der Waals surface area contributed by atoms with Crippen molar-refractivity contribution in [2.75, 3.05) is 37.0 Å². The van der Waals surface area contributed by atoms with Crippen LogP contribution in [0.4, 0.5) is 11.9 Å². The number of aromatic nitrogens is 5. The lowest BCUT2D eigenvalue weighted by atomic mass is 9.83. The van der Waals surface area contributed by atoms with Crippen LogP contribution in [0.5, 0.6) is 5.88 Å². The Kier molecular flexibility index (Phi) is 7.72. The number of hydrogen-bond acceptors (Lipinski definition) is 10. The fraction of sp³-hybridized carbons (Fsp3) is 0.577. The summed E-state index contributed by atoms with van der Waals surface area (Å²) in [6, 6.07) is 1.91. The number of ether oxygens (including phenoxy) is 2. The summed E-state index contributed by atoms with van der Waals surface area (Å²) in [4.78, 5) is 25.2. The lowest BCUT2D eigenvalue weighted by Gasteiger charge is -2.32. The number of rotatable bonds is 8. The van der Waals surface area contributed by atoms with Crippen molar-refractivity contribution in [1.82, 2.24) is 24.9 Å². The van der Waals surface area contributed by atoms with Crippen molar-refractivity contribution in [3.05, 3.63) is 36.4 Å². The summed E-state index contributed by atoms with van der Waals surface area (Å²) in [7, 11) is 1.68. The molecule has 3 aromatic rings. The van der Waals surface area contributed by atoms with Crippen LogP contribution in [0.25, 0.3) is 10.9 Å². The van der Waals surface area contributed by atoms with Crippen molar-refractivity contribution < 1.29 is 14.6 Å². The number of aliphatic hydroxyl groups excluding tert-OH is 1. The predicted molar refractivity (Wildman–Crippen MR) is 137 cm³/mol. The van der Waals surface area contributed by atoms with E-state index in [0.29, 0.717) is 24.4 Å². The second-order valence-corrected chi connectivity index (χ2v) is 9.83. The van der Waals surface area contributed by atoms with Crippen LogP contribution in [-0.4, -0.2) is 75.1 Å². The summed E-state index contributed by atoms with van der Waals surface area (Å²) < 4.78 is 11.7. The van der Waals surface area contributed by atoms with Gasteiger partial charge in [-0.25, -0.2) is 24.9 Å². The molecule has 0 bridgehead atoms. The highest BCUT2D eigenvalue weighted by molar-refractivity contribution is 5.86. The number of fused-ring (bicyclic) bond motifs is 1.